The van der Waals surface area contributed by atoms with Crippen LogP contribution >= 0.6 is 0 Å². The molecule has 1 N–H and O–H groups in total. The fourth-order valence-electron chi connectivity index (χ4n) is 0.409. The van der Waals surface area contributed by atoms with Gasteiger partial charge in [0, 0.05) is 0 Å². The number of hydrogen-bond acceptors (Lipinski definition) is 3. The van der Waals surface area contributed by atoms with Crippen LogP contribution in [0.3, 0.4) is 0 Å². The standard InChI is InChI=1S/C5H11INO2/c1-6-4-7-9-3-5-2-8-5/h5,7H,2-4H2,1H3/q-1. The molecular formula is C5H11INO2-. The van der Waals surface area contributed by atoms with E-state index in [-0.39, 0.29) is 0 Å². The Balaban J connectivity index is 1.71. The van der Waals surface area contributed by atoms with E-state index < -0.39 is 0 Å². The Hall–Kier alpha value is 0.610. The molecule has 56 valence electrons. The maximum atomic E-state index is 5.05. The van der Waals surface area contributed by atoms with Crippen LogP contribution in [0, 0.1) is 0 Å². The Labute approximate surface area is 65.3 Å². The molecule has 4 heteroatoms. The van der Waals surface area contributed by atoms with E-state index in [2.05, 4.69) is 10.4 Å². The van der Waals surface area contributed by atoms with Crippen molar-refractivity contribution in [3.05, 3.63) is 0 Å². The van der Waals surface area contributed by atoms with E-state index in [1.807, 2.05) is 0 Å². The van der Waals surface area contributed by atoms with Gasteiger partial charge in [-0.15, -0.1) is 0 Å². The van der Waals surface area contributed by atoms with Gasteiger partial charge in [-0.1, -0.05) is 0 Å². The van der Waals surface area contributed by atoms with Gasteiger partial charge in [-0.25, -0.2) is 0 Å². The van der Waals surface area contributed by atoms with Crippen LogP contribution in [-0.4, -0.2) is 28.8 Å². The molecule has 9 heavy (non-hydrogen) atoms. The molecule has 1 heterocycles. The van der Waals surface area contributed by atoms with Crippen molar-refractivity contribution in [2.45, 2.75) is 6.10 Å². The first-order valence-corrected chi connectivity index (χ1v) is 6.52. The number of epoxide rings is 1. The van der Waals surface area contributed by atoms with E-state index in [4.69, 9.17) is 9.57 Å². The van der Waals surface area contributed by atoms with Gasteiger partial charge in [0.25, 0.3) is 0 Å². The quantitative estimate of drug-likeness (QED) is 0.137. The summed E-state index contributed by atoms with van der Waals surface area (Å²) < 4.78 is 5.97. The van der Waals surface area contributed by atoms with Crippen LogP contribution in [0.15, 0.2) is 0 Å². The fourth-order valence-corrected chi connectivity index (χ4v) is 0.941. The summed E-state index contributed by atoms with van der Waals surface area (Å²) in [5, 5.41) is 0. The summed E-state index contributed by atoms with van der Waals surface area (Å²) in [5.74, 6) is 0. The number of rotatable bonds is 5. The fraction of sp³-hybridized carbons (Fsp3) is 1.00. The third kappa shape index (κ3) is 4.07. The molecule has 0 aromatic rings. The van der Waals surface area contributed by atoms with Crippen LogP contribution in [-0.2, 0) is 9.57 Å². The van der Waals surface area contributed by atoms with Gasteiger partial charge in [0.1, 0.15) is 0 Å². The first-order valence-electron chi connectivity index (χ1n) is 2.83. The monoisotopic (exact) mass is 244 g/mol. The average molecular weight is 244 g/mol. The zero-order chi connectivity index (χ0) is 6.53. The molecule has 1 atom stereocenters. The van der Waals surface area contributed by atoms with Gasteiger partial charge >= 0.3 is 65.1 Å². The second-order valence-electron chi connectivity index (χ2n) is 1.81. The molecule has 1 aliphatic rings. The van der Waals surface area contributed by atoms with Gasteiger partial charge < -0.3 is 0 Å². The third-order valence-corrected chi connectivity index (χ3v) is 2.04. The first-order chi connectivity index (χ1) is 4.43. The summed E-state index contributed by atoms with van der Waals surface area (Å²) in [6.07, 6.45) is 0.382. The molecule has 0 aromatic heterocycles. The molecular weight excluding hydrogens is 233 g/mol. The van der Waals surface area contributed by atoms with Gasteiger partial charge in [-0.3, -0.25) is 0 Å². The van der Waals surface area contributed by atoms with E-state index in [9.17, 15) is 0 Å². The van der Waals surface area contributed by atoms with Crippen molar-refractivity contribution in [2.24, 2.45) is 0 Å². The van der Waals surface area contributed by atoms with Crippen LogP contribution in [0.5, 0.6) is 0 Å². The summed E-state index contributed by atoms with van der Waals surface area (Å²) in [5.41, 5.74) is 2.88. The SMILES string of the molecule is C[I-]CNOCC1CO1. The van der Waals surface area contributed by atoms with Crippen molar-refractivity contribution in [1.29, 1.82) is 0 Å². The Morgan fingerprint density at radius 2 is 2.67 bits per heavy atom. The van der Waals surface area contributed by atoms with E-state index in [1.54, 1.807) is 0 Å². The molecule has 0 aromatic carbocycles. The van der Waals surface area contributed by atoms with Crippen molar-refractivity contribution < 1.29 is 30.8 Å². The van der Waals surface area contributed by atoms with E-state index in [0.29, 0.717) is 33.9 Å². The maximum absolute atomic E-state index is 5.05. The van der Waals surface area contributed by atoms with Crippen molar-refractivity contribution in [1.82, 2.24) is 5.48 Å². The zero-order valence-corrected chi connectivity index (χ0v) is 7.55. The van der Waals surface area contributed by atoms with Gasteiger partial charge in [0.05, 0.1) is 0 Å². The van der Waals surface area contributed by atoms with Crippen LogP contribution < -0.4 is 26.7 Å². The predicted octanol–water partition coefficient (Wildman–Crippen LogP) is -3.42. The molecule has 0 bridgehead atoms. The summed E-state index contributed by atoms with van der Waals surface area (Å²) >= 11 is 0.319. The molecule has 0 radical (unpaired) electrons. The molecule has 1 unspecified atom stereocenters. The van der Waals surface area contributed by atoms with E-state index in [1.165, 1.54) is 0 Å². The Kier molecular flexibility index (Phi) is 3.80. The van der Waals surface area contributed by atoms with Gasteiger partial charge in [-0.2, -0.15) is 0 Å². The van der Waals surface area contributed by atoms with E-state index in [0.717, 1.165) is 11.2 Å². The number of hydrogen-bond donors (Lipinski definition) is 1. The van der Waals surface area contributed by atoms with Gasteiger partial charge in [0.15, 0.2) is 0 Å². The third-order valence-electron chi connectivity index (χ3n) is 0.962. The molecule has 1 aliphatic heterocycles. The van der Waals surface area contributed by atoms with Crippen LogP contribution in [0.1, 0.15) is 0 Å². The average Bonchev–Trinajstić information content (AvgIpc) is 2.63. The molecule has 3 nitrogen and oxygen atoms in total. The Bertz CT molecular complexity index is 77.4. The second kappa shape index (κ2) is 4.43. The molecule has 0 spiro atoms. The molecule has 0 amide bonds. The van der Waals surface area contributed by atoms with Gasteiger partial charge in [-0.05, 0) is 0 Å². The molecule has 1 rings (SSSR count). The molecule has 1 saturated heterocycles. The zero-order valence-electron chi connectivity index (χ0n) is 5.39. The van der Waals surface area contributed by atoms with Gasteiger partial charge in [0.2, 0.25) is 0 Å². The summed E-state index contributed by atoms with van der Waals surface area (Å²) in [6.45, 7) is 1.59. The molecule has 0 aliphatic carbocycles. The minimum atomic E-state index is 0.319. The number of alkyl halides is 2. The summed E-state index contributed by atoms with van der Waals surface area (Å²) in [6, 6.07) is 0. The van der Waals surface area contributed by atoms with Crippen LogP contribution in [0.2, 0.25) is 0 Å². The minimum absolute atomic E-state index is 0.319. The van der Waals surface area contributed by atoms with E-state index >= 15 is 0 Å². The first kappa shape index (κ1) is 7.71. The number of ether oxygens (including phenoxy) is 1. The van der Waals surface area contributed by atoms with Crippen molar-refractivity contribution in [3.63, 3.8) is 0 Å². The molecule has 1 fully saturated rings. The summed E-state index contributed by atoms with van der Waals surface area (Å²) in [7, 11) is 0. The number of nitrogens with one attached hydrogen (secondary N) is 1. The normalized spacial score (nSPS) is 24.8. The predicted molar refractivity (Wildman–Crippen MR) is 29.6 cm³/mol. The topological polar surface area (TPSA) is 33.8 Å². The van der Waals surface area contributed by atoms with Crippen LogP contribution in [0.25, 0.3) is 0 Å². The Morgan fingerprint density at radius 1 is 1.89 bits per heavy atom. The van der Waals surface area contributed by atoms with Crippen LogP contribution in [0.4, 0.5) is 0 Å². The second-order valence-corrected chi connectivity index (χ2v) is 4.10. The van der Waals surface area contributed by atoms with Crippen molar-refractivity contribution in [2.75, 3.05) is 22.7 Å². The number of hydroxylamine groups is 1. The summed E-state index contributed by atoms with van der Waals surface area (Å²) in [4.78, 5) is 7.26. The van der Waals surface area contributed by atoms with Crippen molar-refractivity contribution >= 4 is 0 Å². The Morgan fingerprint density at radius 3 is 3.22 bits per heavy atom. The number of halogens is 1. The molecule has 0 saturated carbocycles. The van der Waals surface area contributed by atoms with Crippen molar-refractivity contribution in [3.8, 4) is 0 Å².